The third kappa shape index (κ3) is 2.81. The molecule has 2 rings (SSSR count). The Balaban J connectivity index is 1.95. The Morgan fingerprint density at radius 1 is 1.41 bits per heavy atom. The van der Waals surface area contributed by atoms with Gasteiger partial charge in [0, 0.05) is 25.5 Å². The number of hydrogen-bond donors (Lipinski definition) is 2. The number of aromatic nitrogens is 3. The van der Waals surface area contributed by atoms with Crippen LogP contribution in [0.4, 0.5) is 0 Å². The van der Waals surface area contributed by atoms with Gasteiger partial charge in [-0.25, -0.2) is 9.97 Å². The van der Waals surface area contributed by atoms with E-state index in [0.29, 0.717) is 18.9 Å². The third-order valence-electron chi connectivity index (χ3n) is 2.79. The second-order valence-corrected chi connectivity index (χ2v) is 4.48. The van der Waals surface area contributed by atoms with E-state index < -0.39 is 0 Å². The van der Waals surface area contributed by atoms with Crippen molar-refractivity contribution in [1.82, 2.24) is 19.7 Å². The van der Waals surface area contributed by atoms with Gasteiger partial charge in [-0.1, -0.05) is 13.8 Å². The summed E-state index contributed by atoms with van der Waals surface area (Å²) in [6, 6.07) is 1.88. The van der Waals surface area contributed by atoms with Crippen LogP contribution in [0.3, 0.4) is 0 Å². The molecule has 0 radical (unpaired) electrons. The highest BCUT2D eigenvalue weighted by molar-refractivity contribution is 5.30. The van der Waals surface area contributed by atoms with E-state index >= 15 is 0 Å². The van der Waals surface area contributed by atoms with Crippen molar-refractivity contribution in [3.05, 3.63) is 30.4 Å². The van der Waals surface area contributed by atoms with Crippen molar-refractivity contribution >= 4 is 5.78 Å². The number of nitrogens with one attached hydrogen (secondary N) is 1. The molecule has 0 aliphatic rings. The minimum Gasteiger partial charge on any atom is -0.392 e. The van der Waals surface area contributed by atoms with Crippen LogP contribution in [0.1, 0.15) is 19.5 Å². The molecule has 2 N–H and O–H groups in total. The lowest BCUT2D eigenvalue weighted by Crippen LogP contribution is -2.30. The van der Waals surface area contributed by atoms with Gasteiger partial charge in [0.1, 0.15) is 0 Å². The summed E-state index contributed by atoms with van der Waals surface area (Å²) in [4.78, 5) is 8.35. The smallest absolute Gasteiger partial charge is 0.233 e. The lowest BCUT2D eigenvalue weighted by Gasteiger charge is -2.14. The molecule has 17 heavy (non-hydrogen) atoms. The molecule has 0 fully saturated rings. The summed E-state index contributed by atoms with van der Waals surface area (Å²) < 4.78 is 1.94. The van der Waals surface area contributed by atoms with Gasteiger partial charge >= 0.3 is 0 Å². The van der Waals surface area contributed by atoms with Crippen LogP contribution < -0.4 is 5.32 Å². The van der Waals surface area contributed by atoms with Gasteiger partial charge < -0.3 is 10.4 Å². The number of nitrogens with zero attached hydrogens (tertiary/aromatic N) is 3. The van der Waals surface area contributed by atoms with Crippen molar-refractivity contribution in [2.24, 2.45) is 5.92 Å². The van der Waals surface area contributed by atoms with Crippen LogP contribution in [-0.2, 0) is 6.54 Å². The van der Waals surface area contributed by atoms with E-state index in [4.69, 9.17) is 0 Å². The lowest BCUT2D eigenvalue weighted by molar-refractivity contribution is 0.123. The zero-order valence-electron chi connectivity index (χ0n) is 10.2. The molecular formula is C12H18N4O. The van der Waals surface area contributed by atoms with Crippen molar-refractivity contribution in [3.63, 3.8) is 0 Å². The Morgan fingerprint density at radius 2 is 2.24 bits per heavy atom. The summed E-state index contributed by atoms with van der Waals surface area (Å²) in [6.45, 7) is 5.27. The first-order valence-electron chi connectivity index (χ1n) is 5.84. The first kappa shape index (κ1) is 12.0. The Labute approximate surface area is 101 Å². The fourth-order valence-electron chi connectivity index (χ4n) is 1.59. The number of fused-ring (bicyclic) bond motifs is 1. The zero-order valence-corrected chi connectivity index (χ0v) is 10.2. The predicted molar refractivity (Wildman–Crippen MR) is 65.5 cm³/mol. The summed E-state index contributed by atoms with van der Waals surface area (Å²) in [5, 5.41) is 12.9. The minimum absolute atomic E-state index is 0.270. The van der Waals surface area contributed by atoms with Gasteiger partial charge in [0.15, 0.2) is 0 Å². The molecule has 0 aliphatic heterocycles. The number of imidazole rings is 1. The lowest BCUT2D eigenvalue weighted by atomic mass is 10.1. The standard InChI is InChI=1S/C12H18N4O/c1-9(2)11(17)8-13-6-10-7-15-12-14-4-3-5-16(10)12/h3-5,7,9,11,13,17H,6,8H2,1-2H3. The quantitative estimate of drug-likeness (QED) is 0.804. The topological polar surface area (TPSA) is 62.5 Å². The van der Waals surface area contributed by atoms with Crippen LogP contribution in [0.25, 0.3) is 5.78 Å². The van der Waals surface area contributed by atoms with Gasteiger partial charge in [0.2, 0.25) is 5.78 Å². The first-order valence-corrected chi connectivity index (χ1v) is 5.84. The molecular weight excluding hydrogens is 216 g/mol. The summed E-state index contributed by atoms with van der Waals surface area (Å²) >= 11 is 0. The summed E-state index contributed by atoms with van der Waals surface area (Å²) in [6.07, 6.45) is 5.15. The van der Waals surface area contributed by atoms with Crippen LogP contribution in [0.2, 0.25) is 0 Å². The molecule has 0 spiro atoms. The molecule has 1 unspecified atom stereocenters. The molecule has 5 nitrogen and oxygen atoms in total. The number of aliphatic hydroxyl groups is 1. The van der Waals surface area contributed by atoms with Crippen molar-refractivity contribution in [3.8, 4) is 0 Å². The van der Waals surface area contributed by atoms with Crippen molar-refractivity contribution in [2.75, 3.05) is 6.54 Å². The molecule has 0 saturated heterocycles. The maximum atomic E-state index is 9.67. The molecule has 2 aromatic heterocycles. The largest absolute Gasteiger partial charge is 0.392 e. The van der Waals surface area contributed by atoms with E-state index in [1.54, 1.807) is 12.4 Å². The average Bonchev–Trinajstić information content (AvgIpc) is 2.72. The molecule has 0 aliphatic carbocycles. The van der Waals surface area contributed by atoms with Gasteiger partial charge in [0.05, 0.1) is 18.0 Å². The van der Waals surface area contributed by atoms with E-state index in [2.05, 4.69) is 15.3 Å². The van der Waals surface area contributed by atoms with E-state index in [9.17, 15) is 5.11 Å². The monoisotopic (exact) mass is 234 g/mol. The maximum absolute atomic E-state index is 9.67. The highest BCUT2D eigenvalue weighted by Crippen LogP contribution is 2.04. The number of rotatable bonds is 5. The molecule has 0 saturated carbocycles. The average molecular weight is 234 g/mol. The Bertz CT molecular complexity index is 480. The van der Waals surface area contributed by atoms with Crippen LogP contribution in [0.5, 0.6) is 0 Å². The van der Waals surface area contributed by atoms with Crippen LogP contribution >= 0.6 is 0 Å². The Hall–Kier alpha value is -1.46. The molecule has 5 heteroatoms. The van der Waals surface area contributed by atoms with Gasteiger partial charge in [-0.3, -0.25) is 4.40 Å². The van der Waals surface area contributed by atoms with Gasteiger partial charge in [0.25, 0.3) is 0 Å². The highest BCUT2D eigenvalue weighted by atomic mass is 16.3. The summed E-state index contributed by atoms with van der Waals surface area (Å²) in [5.74, 6) is 0.972. The van der Waals surface area contributed by atoms with Crippen LogP contribution in [-0.4, -0.2) is 32.1 Å². The fraction of sp³-hybridized carbons (Fsp3) is 0.500. The van der Waals surface area contributed by atoms with E-state index in [-0.39, 0.29) is 12.0 Å². The molecule has 92 valence electrons. The first-order chi connectivity index (χ1) is 8.18. The maximum Gasteiger partial charge on any atom is 0.233 e. The normalized spacial score (nSPS) is 13.4. The highest BCUT2D eigenvalue weighted by Gasteiger charge is 2.09. The summed E-state index contributed by atoms with van der Waals surface area (Å²) in [5.41, 5.74) is 1.05. The van der Waals surface area contributed by atoms with E-state index in [1.807, 2.05) is 30.5 Å². The molecule has 1 atom stereocenters. The molecule has 2 heterocycles. The second-order valence-electron chi connectivity index (χ2n) is 4.48. The molecule has 0 bridgehead atoms. The van der Waals surface area contributed by atoms with Crippen molar-refractivity contribution < 1.29 is 5.11 Å². The van der Waals surface area contributed by atoms with Gasteiger partial charge in [-0.05, 0) is 12.0 Å². The van der Waals surface area contributed by atoms with Gasteiger partial charge in [-0.2, -0.15) is 0 Å². The molecule has 0 amide bonds. The second kappa shape index (κ2) is 5.25. The van der Waals surface area contributed by atoms with Crippen molar-refractivity contribution in [2.45, 2.75) is 26.5 Å². The summed E-state index contributed by atoms with van der Waals surface area (Å²) in [7, 11) is 0. The Kier molecular flexibility index (Phi) is 3.71. The zero-order chi connectivity index (χ0) is 12.3. The van der Waals surface area contributed by atoms with E-state index in [0.717, 1.165) is 5.69 Å². The van der Waals surface area contributed by atoms with Crippen LogP contribution in [0.15, 0.2) is 24.7 Å². The molecule has 0 aromatic carbocycles. The predicted octanol–water partition coefficient (Wildman–Crippen LogP) is 0.836. The minimum atomic E-state index is -0.313. The SMILES string of the molecule is CC(C)C(O)CNCc1cnc2ncccn12. The third-order valence-corrected chi connectivity index (χ3v) is 2.79. The fourth-order valence-corrected chi connectivity index (χ4v) is 1.59. The Morgan fingerprint density at radius 3 is 3.00 bits per heavy atom. The molecule has 2 aromatic rings. The number of hydrogen-bond acceptors (Lipinski definition) is 4. The number of aliphatic hydroxyl groups excluding tert-OH is 1. The van der Waals surface area contributed by atoms with E-state index in [1.165, 1.54) is 0 Å². The van der Waals surface area contributed by atoms with Crippen molar-refractivity contribution in [1.29, 1.82) is 0 Å². The van der Waals surface area contributed by atoms with Crippen LogP contribution in [0, 0.1) is 5.92 Å². The van der Waals surface area contributed by atoms with Gasteiger partial charge in [-0.15, -0.1) is 0 Å².